The molecule has 0 radical (unpaired) electrons. The number of carbonyl (C=O) groups is 3. The molecule has 1 saturated heterocycles. The lowest BCUT2D eigenvalue weighted by atomic mass is 10.4. The summed E-state index contributed by atoms with van der Waals surface area (Å²) >= 11 is 2.48. The van der Waals surface area contributed by atoms with E-state index in [9.17, 15) is 14.4 Å². The molecule has 1 N–H and O–H groups in total. The number of nitrogens with zero attached hydrogens (tertiary/aromatic N) is 2. The third kappa shape index (κ3) is 3.13. The SMILES string of the molecule is Cc1nc(SCCN2C(=O)CCC2=O)sc1C(=O)O. The molecule has 0 saturated carbocycles. The lowest BCUT2D eigenvalue weighted by Gasteiger charge is -2.12. The molecule has 2 heterocycles. The average Bonchev–Trinajstić information content (AvgIpc) is 2.86. The Labute approximate surface area is 117 Å². The summed E-state index contributed by atoms with van der Waals surface area (Å²) in [4.78, 5) is 39.3. The minimum atomic E-state index is -0.980. The maximum absolute atomic E-state index is 11.4. The van der Waals surface area contributed by atoms with Gasteiger partial charge in [0.15, 0.2) is 4.34 Å². The van der Waals surface area contributed by atoms with Crippen molar-refractivity contribution in [3.8, 4) is 0 Å². The molecule has 1 aromatic heterocycles. The van der Waals surface area contributed by atoms with Gasteiger partial charge >= 0.3 is 5.97 Å². The van der Waals surface area contributed by atoms with E-state index in [1.807, 2.05) is 0 Å². The molecular weight excluding hydrogens is 288 g/mol. The van der Waals surface area contributed by atoms with Crippen molar-refractivity contribution in [3.63, 3.8) is 0 Å². The first-order valence-corrected chi connectivity index (χ1v) is 7.46. The number of hydrogen-bond donors (Lipinski definition) is 1. The fourth-order valence-electron chi connectivity index (χ4n) is 1.73. The van der Waals surface area contributed by atoms with Gasteiger partial charge < -0.3 is 5.11 Å². The second-order valence-electron chi connectivity index (χ2n) is 3.99. The van der Waals surface area contributed by atoms with Crippen LogP contribution in [0.15, 0.2) is 4.34 Å². The van der Waals surface area contributed by atoms with Crippen molar-refractivity contribution in [2.24, 2.45) is 0 Å². The largest absolute Gasteiger partial charge is 0.477 e. The van der Waals surface area contributed by atoms with Gasteiger partial charge in [0.2, 0.25) is 11.8 Å². The summed E-state index contributed by atoms with van der Waals surface area (Å²) in [6.45, 7) is 2.00. The molecule has 1 fully saturated rings. The van der Waals surface area contributed by atoms with E-state index in [0.717, 1.165) is 11.3 Å². The Hall–Kier alpha value is -1.41. The highest BCUT2D eigenvalue weighted by atomic mass is 32.2. The lowest BCUT2D eigenvalue weighted by molar-refractivity contribution is -0.137. The number of hydrogen-bond acceptors (Lipinski definition) is 6. The van der Waals surface area contributed by atoms with Crippen LogP contribution in [0, 0.1) is 6.92 Å². The summed E-state index contributed by atoms with van der Waals surface area (Å²) in [5.41, 5.74) is 0.494. The van der Waals surface area contributed by atoms with Crippen molar-refractivity contribution < 1.29 is 19.5 Å². The number of thiazole rings is 1. The zero-order chi connectivity index (χ0) is 14.0. The normalized spacial score (nSPS) is 15.3. The highest BCUT2D eigenvalue weighted by Crippen LogP contribution is 2.27. The summed E-state index contributed by atoms with van der Waals surface area (Å²) in [5.74, 6) is -0.713. The molecule has 0 unspecified atom stereocenters. The number of likely N-dealkylation sites (tertiary alicyclic amines) is 1. The van der Waals surface area contributed by atoms with Crippen LogP contribution in [0.4, 0.5) is 0 Å². The average molecular weight is 300 g/mol. The fourth-order valence-corrected chi connectivity index (χ4v) is 3.75. The molecule has 2 amide bonds. The lowest BCUT2D eigenvalue weighted by Crippen LogP contribution is -2.31. The molecule has 19 heavy (non-hydrogen) atoms. The van der Waals surface area contributed by atoms with Crippen LogP contribution in [0.2, 0.25) is 0 Å². The third-order valence-corrected chi connectivity index (χ3v) is 4.94. The second-order valence-corrected chi connectivity index (χ2v) is 6.33. The minimum absolute atomic E-state index is 0.132. The van der Waals surface area contributed by atoms with Gasteiger partial charge in [-0.15, -0.1) is 11.3 Å². The number of thioether (sulfide) groups is 1. The number of amides is 2. The van der Waals surface area contributed by atoms with E-state index in [-0.39, 0.29) is 16.7 Å². The maximum atomic E-state index is 11.4. The number of imide groups is 1. The third-order valence-electron chi connectivity index (χ3n) is 2.67. The van der Waals surface area contributed by atoms with Gasteiger partial charge in [0.25, 0.3) is 0 Å². The first-order chi connectivity index (χ1) is 8.99. The highest BCUT2D eigenvalue weighted by molar-refractivity contribution is 8.01. The summed E-state index contributed by atoms with van der Waals surface area (Å²) in [5, 5.41) is 8.91. The van der Waals surface area contributed by atoms with Gasteiger partial charge in [-0.2, -0.15) is 0 Å². The fraction of sp³-hybridized carbons (Fsp3) is 0.455. The molecule has 0 aromatic carbocycles. The Balaban J connectivity index is 1.89. The van der Waals surface area contributed by atoms with Crippen LogP contribution in [0.25, 0.3) is 0 Å². The molecule has 2 rings (SSSR count). The molecule has 1 aliphatic rings. The van der Waals surface area contributed by atoms with E-state index in [4.69, 9.17) is 5.11 Å². The van der Waals surface area contributed by atoms with Crippen LogP contribution in [0.5, 0.6) is 0 Å². The predicted molar refractivity (Wildman–Crippen MR) is 70.5 cm³/mol. The Bertz CT molecular complexity index is 525. The van der Waals surface area contributed by atoms with Crippen LogP contribution in [0.3, 0.4) is 0 Å². The van der Waals surface area contributed by atoms with E-state index < -0.39 is 5.97 Å². The van der Waals surface area contributed by atoms with Gasteiger partial charge in [-0.05, 0) is 6.92 Å². The van der Waals surface area contributed by atoms with E-state index in [0.29, 0.717) is 35.2 Å². The summed E-state index contributed by atoms with van der Waals surface area (Å²) in [6, 6.07) is 0. The van der Waals surface area contributed by atoms with Gasteiger partial charge in [0.05, 0.1) is 5.69 Å². The summed E-state index contributed by atoms with van der Waals surface area (Å²) in [6.07, 6.45) is 0.589. The van der Waals surface area contributed by atoms with Crippen LogP contribution in [-0.4, -0.2) is 45.1 Å². The molecule has 102 valence electrons. The van der Waals surface area contributed by atoms with Crippen molar-refractivity contribution in [1.82, 2.24) is 9.88 Å². The van der Waals surface area contributed by atoms with Crippen molar-refractivity contribution in [2.75, 3.05) is 12.3 Å². The number of carbonyl (C=O) groups excluding carboxylic acids is 2. The van der Waals surface area contributed by atoms with Gasteiger partial charge in [0, 0.05) is 25.1 Å². The summed E-state index contributed by atoms with van der Waals surface area (Å²) in [7, 11) is 0. The van der Waals surface area contributed by atoms with Crippen molar-refractivity contribution >= 4 is 40.9 Å². The van der Waals surface area contributed by atoms with E-state index in [2.05, 4.69) is 4.98 Å². The zero-order valence-electron chi connectivity index (χ0n) is 10.2. The number of aromatic nitrogens is 1. The topological polar surface area (TPSA) is 87.6 Å². The smallest absolute Gasteiger partial charge is 0.347 e. The maximum Gasteiger partial charge on any atom is 0.347 e. The molecule has 0 spiro atoms. The quantitative estimate of drug-likeness (QED) is 0.653. The van der Waals surface area contributed by atoms with Crippen molar-refractivity contribution in [2.45, 2.75) is 24.1 Å². The molecule has 0 atom stereocenters. The number of aromatic carboxylic acids is 1. The Kier molecular flexibility index (Phi) is 4.20. The molecule has 6 nitrogen and oxygen atoms in total. The van der Waals surface area contributed by atoms with Crippen LogP contribution in [0.1, 0.15) is 28.2 Å². The number of carboxylic acids is 1. The first-order valence-electron chi connectivity index (χ1n) is 5.65. The van der Waals surface area contributed by atoms with E-state index >= 15 is 0 Å². The minimum Gasteiger partial charge on any atom is -0.477 e. The molecule has 0 aliphatic carbocycles. The standard InChI is InChI=1S/C11H12N2O4S2/c1-6-9(10(16)17)19-11(12-6)18-5-4-13-7(14)2-3-8(13)15/h2-5H2,1H3,(H,16,17). The Morgan fingerprint density at radius 3 is 2.58 bits per heavy atom. The van der Waals surface area contributed by atoms with Gasteiger partial charge in [0.1, 0.15) is 4.88 Å². The van der Waals surface area contributed by atoms with Gasteiger partial charge in [-0.1, -0.05) is 11.8 Å². The monoisotopic (exact) mass is 300 g/mol. The van der Waals surface area contributed by atoms with Crippen LogP contribution in [-0.2, 0) is 9.59 Å². The van der Waals surface area contributed by atoms with Gasteiger partial charge in [-0.3, -0.25) is 14.5 Å². The van der Waals surface area contributed by atoms with Crippen molar-refractivity contribution in [1.29, 1.82) is 0 Å². The molecule has 8 heteroatoms. The molecule has 1 aromatic rings. The molecule has 0 bridgehead atoms. The highest BCUT2D eigenvalue weighted by Gasteiger charge is 2.28. The first kappa shape index (κ1) is 14.0. The molecular formula is C11H12N2O4S2. The number of rotatable bonds is 5. The van der Waals surface area contributed by atoms with E-state index in [1.54, 1.807) is 6.92 Å². The Morgan fingerprint density at radius 2 is 2.05 bits per heavy atom. The van der Waals surface area contributed by atoms with Crippen molar-refractivity contribution in [3.05, 3.63) is 10.6 Å². The van der Waals surface area contributed by atoms with Crippen LogP contribution >= 0.6 is 23.1 Å². The number of carboxylic acid groups (broad SMARTS) is 1. The number of aryl methyl sites for hydroxylation is 1. The van der Waals surface area contributed by atoms with Gasteiger partial charge in [-0.25, -0.2) is 9.78 Å². The summed E-state index contributed by atoms with van der Waals surface area (Å²) < 4.78 is 0.647. The second kappa shape index (κ2) is 5.70. The Morgan fingerprint density at radius 1 is 1.42 bits per heavy atom. The zero-order valence-corrected chi connectivity index (χ0v) is 11.8. The predicted octanol–water partition coefficient (Wildman–Crippen LogP) is 1.39. The molecule has 1 aliphatic heterocycles. The van der Waals surface area contributed by atoms with Crippen LogP contribution < -0.4 is 0 Å². The van der Waals surface area contributed by atoms with E-state index in [1.165, 1.54) is 16.7 Å².